The summed E-state index contributed by atoms with van der Waals surface area (Å²) in [7, 11) is 0. The summed E-state index contributed by atoms with van der Waals surface area (Å²) in [4.78, 5) is 19.2. The van der Waals surface area contributed by atoms with Gasteiger partial charge in [-0.25, -0.2) is 4.98 Å². The molecule has 5 nitrogen and oxygen atoms in total. The maximum atomic E-state index is 12.5. The van der Waals surface area contributed by atoms with Crippen LogP contribution in [0, 0.1) is 5.92 Å². The third-order valence-corrected chi connectivity index (χ3v) is 4.99. The van der Waals surface area contributed by atoms with Crippen molar-refractivity contribution in [3.05, 3.63) is 52.7 Å². The third kappa shape index (κ3) is 5.44. The molecule has 27 heavy (non-hydrogen) atoms. The van der Waals surface area contributed by atoms with Crippen molar-refractivity contribution in [3.63, 3.8) is 0 Å². The minimum Gasteiger partial charge on any atom is -0.478 e. The van der Waals surface area contributed by atoms with E-state index in [0.717, 1.165) is 31.2 Å². The maximum absolute atomic E-state index is 12.5. The number of amides is 1. The molecular formula is C21H26ClN3O2. The quantitative estimate of drug-likeness (QED) is 0.785. The monoisotopic (exact) mass is 387 g/mol. The molecule has 0 radical (unpaired) electrons. The van der Waals surface area contributed by atoms with Crippen molar-refractivity contribution in [1.29, 1.82) is 0 Å². The van der Waals surface area contributed by atoms with Crippen molar-refractivity contribution >= 4 is 23.2 Å². The molecule has 0 saturated carbocycles. The maximum Gasteiger partial charge on any atom is 0.275 e. The predicted molar refractivity (Wildman–Crippen MR) is 108 cm³/mol. The van der Waals surface area contributed by atoms with Crippen LogP contribution in [0.1, 0.15) is 42.7 Å². The Bertz CT molecular complexity index is 779. The van der Waals surface area contributed by atoms with Crippen LogP contribution in [0.5, 0.6) is 5.88 Å². The summed E-state index contributed by atoms with van der Waals surface area (Å²) in [6.45, 7) is 7.91. The van der Waals surface area contributed by atoms with Gasteiger partial charge < -0.3 is 10.1 Å². The fourth-order valence-corrected chi connectivity index (χ4v) is 3.58. The van der Waals surface area contributed by atoms with Gasteiger partial charge in [-0.3, -0.25) is 9.69 Å². The summed E-state index contributed by atoms with van der Waals surface area (Å²) < 4.78 is 5.34. The average molecular weight is 388 g/mol. The first-order valence-electron chi connectivity index (χ1n) is 9.47. The van der Waals surface area contributed by atoms with E-state index in [9.17, 15) is 4.79 Å². The largest absolute Gasteiger partial charge is 0.478 e. The third-order valence-electron chi connectivity index (χ3n) is 4.69. The van der Waals surface area contributed by atoms with Crippen molar-refractivity contribution in [1.82, 2.24) is 9.88 Å². The number of ether oxygens (including phenoxy) is 1. The molecule has 1 saturated heterocycles. The van der Waals surface area contributed by atoms with Crippen molar-refractivity contribution in [3.8, 4) is 5.88 Å². The zero-order valence-corrected chi connectivity index (χ0v) is 16.6. The molecule has 144 valence electrons. The highest BCUT2D eigenvalue weighted by Gasteiger charge is 2.17. The van der Waals surface area contributed by atoms with Gasteiger partial charge in [0.1, 0.15) is 0 Å². The normalized spacial score (nSPS) is 17.5. The molecule has 1 N–H and O–H groups in total. The second-order valence-corrected chi connectivity index (χ2v) is 7.45. The average Bonchev–Trinajstić information content (AvgIpc) is 2.65. The van der Waals surface area contributed by atoms with Gasteiger partial charge in [-0.15, -0.1) is 0 Å². The number of hydrogen-bond donors (Lipinski definition) is 1. The first kappa shape index (κ1) is 19.6. The Hall–Kier alpha value is -2.11. The summed E-state index contributed by atoms with van der Waals surface area (Å²) in [5.74, 6) is 0.805. The fraction of sp³-hybridized carbons (Fsp3) is 0.429. The Labute approximate surface area is 165 Å². The van der Waals surface area contributed by atoms with Crippen LogP contribution in [0.2, 0.25) is 5.02 Å². The number of anilines is 1. The number of pyridine rings is 1. The molecule has 1 amide bonds. The highest BCUT2D eigenvalue weighted by atomic mass is 35.5. The van der Waals surface area contributed by atoms with Gasteiger partial charge in [0, 0.05) is 24.8 Å². The van der Waals surface area contributed by atoms with Crippen molar-refractivity contribution in [2.24, 2.45) is 5.92 Å². The molecule has 0 bridgehead atoms. The van der Waals surface area contributed by atoms with Gasteiger partial charge in [-0.2, -0.15) is 0 Å². The molecule has 2 heterocycles. The number of nitrogens with zero attached hydrogens (tertiary/aromatic N) is 2. The summed E-state index contributed by atoms with van der Waals surface area (Å²) in [6, 6.07) is 11.2. The lowest BCUT2D eigenvalue weighted by Gasteiger charge is -2.30. The van der Waals surface area contributed by atoms with Crippen LogP contribution in [-0.4, -0.2) is 35.5 Å². The van der Waals surface area contributed by atoms with Gasteiger partial charge in [0.05, 0.1) is 11.6 Å². The van der Waals surface area contributed by atoms with E-state index in [1.165, 1.54) is 18.4 Å². The Morgan fingerprint density at radius 2 is 2.07 bits per heavy atom. The number of hydrogen-bond acceptors (Lipinski definition) is 4. The molecule has 3 rings (SSSR count). The topological polar surface area (TPSA) is 54.5 Å². The molecule has 6 heteroatoms. The summed E-state index contributed by atoms with van der Waals surface area (Å²) in [6.07, 6.45) is 2.59. The Morgan fingerprint density at radius 3 is 2.78 bits per heavy atom. The second kappa shape index (κ2) is 9.20. The van der Waals surface area contributed by atoms with E-state index in [1.54, 1.807) is 12.1 Å². The Morgan fingerprint density at radius 1 is 1.30 bits per heavy atom. The van der Waals surface area contributed by atoms with E-state index in [-0.39, 0.29) is 11.6 Å². The van der Waals surface area contributed by atoms with E-state index in [4.69, 9.17) is 16.3 Å². The van der Waals surface area contributed by atoms with E-state index < -0.39 is 0 Å². The van der Waals surface area contributed by atoms with E-state index in [2.05, 4.69) is 34.3 Å². The molecule has 1 atom stereocenters. The number of benzene rings is 1. The first-order chi connectivity index (χ1) is 13.0. The van der Waals surface area contributed by atoms with Crippen LogP contribution in [0.25, 0.3) is 0 Å². The van der Waals surface area contributed by atoms with Crippen LogP contribution in [0.15, 0.2) is 36.4 Å². The van der Waals surface area contributed by atoms with Gasteiger partial charge in [-0.1, -0.05) is 30.7 Å². The number of likely N-dealkylation sites (tertiary alicyclic amines) is 1. The minimum atomic E-state index is -0.348. The fourth-order valence-electron chi connectivity index (χ4n) is 3.38. The number of halogens is 1. The summed E-state index contributed by atoms with van der Waals surface area (Å²) >= 11 is 6.12. The standard InChI is InChI=1S/C21H26ClN3O2/c1-3-27-19-11-10-18(22)20(24-19)21(26)23-17-8-6-16(7-9-17)14-25-12-4-5-15(2)13-25/h6-11,15H,3-5,12-14H2,1-2H3,(H,23,26). The van der Waals surface area contributed by atoms with Crippen LogP contribution in [-0.2, 0) is 6.54 Å². The van der Waals surface area contributed by atoms with Crippen molar-refractivity contribution in [2.45, 2.75) is 33.2 Å². The number of rotatable bonds is 6. The van der Waals surface area contributed by atoms with Gasteiger partial charge in [0.2, 0.25) is 5.88 Å². The van der Waals surface area contributed by atoms with Gasteiger partial charge in [0.25, 0.3) is 5.91 Å². The number of carbonyl (C=O) groups excluding carboxylic acids is 1. The predicted octanol–water partition coefficient (Wildman–Crippen LogP) is 4.62. The molecular weight excluding hydrogens is 362 g/mol. The zero-order chi connectivity index (χ0) is 19.2. The Balaban J connectivity index is 1.62. The van der Waals surface area contributed by atoms with E-state index in [0.29, 0.717) is 17.5 Å². The SMILES string of the molecule is CCOc1ccc(Cl)c(C(=O)Nc2ccc(CN3CCCC(C)C3)cc2)n1. The molecule has 1 aliphatic rings. The molecule has 1 aromatic carbocycles. The number of aromatic nitrogens is 1. The van der Waals surface area contributed by atoms with Crippen molar-refractivity contribution in [2.75, 3.05) is 25.0 Å². The number of carbonyl (C=O) groups is 1. The lowest BCUT2D eigenvalue weighted by molar-refractivity contribution is 0.102. The molecule has 2 aromatic rings. The van der Waals surface area contributed by atoms with Crippen LogP contribution >= 0.6 is 11.6 Å². The van der Waals surface area contributed by atoms with Gasteiger partial charge in [0.15, 0.2) is 5.69 Å². The van der Waals surface area contributed by atoms with Crippen LogP contribution in [0.3, 0.4) is 0 Å². The highest BCUT2D eigenvalue weighted by Crippen LogP contribution is 2.21. The van der Waals surface area contributed by atoms with E-state index in [1.807, 2.05) is 19.1 Å². The first-order valence-corrected chi connectivity index (χ1v) is 9.85. The molecule has 0 aliphatic carbocycles. The molecule has 1 fully saturated rings. The Kier molecular flexibility index (Phi) is 6.69. The lowest BCUT2D eigenvalue weighted by Crippen LogP contribution is -2.33. The summed E-state index contributed by atoms with van der Waals surface area (Å²) in [5.41, 5.74) is 2.13. The minimum absolute atomic E-state index is 0.161. The second-order valence-electron chi connectivity index (χ2n) is 7.05. The molecule has 1 aromatic heterocycles. The van der Waals surface area contributed by atoms with Crippen LogP contribution < -0.4 is 10.1 Å². The van der Waals surface area contributed by atoms with Crippen LogP contribution in [0.4, 0.5) is 5.69 Å². The zero-order valence-electron chi connectivity index (χ0n) is 15.9. The smallest absolute Gasteiger partial charge is 0.275 e. The highest BCUT2D eigenvalue weighted by molar-refractivity contribution is 6.34. The van der Waals surface area contributed by atoms with Gasteiger partial charge in [-0.05, 0) is 56.0 Å². The molecule has 1 aliphatic heterocycles. The number of nitrogens with one attached hydrogen (secondary N) is 1. The summed E-state index contributed by atoms with van der Waals surface area (Å²) in [5, 5.41) is 3.15. The van der Waals surface area contributed by atoms with Gasteiger partial charge >= 0.3 is 0 Å². The molecule has 1 unspecified atom stereocenters. The van der Waals surface area contributed by atoms with Crippen molar-refractivity contribution < 1.29 is 9.53 Å². The number of piperidine rings is 1. The van der Waals surface area contributed by atoms with E-state index >= 15 is 0 Å². The lowest BCUT2D eigenvalue weighted by atomic mass is 10.00. The molecule has 0 spiro atoms.